The number of anilines is 3. The van der Waals surface area contributed by atoms with Crippen molar-refractivity contribution in [1.29, 1.82) is 0 Å². The number of carbonyl (C=O) groups is 3. The maximum Gasteiger partial charge on any atom is 0.329 e. The number of aromatic nitrogens is 7. The summed E-state index contributed by atoms with van der Waals surface area (Å²) in [6.45, 7) is 6.86. The number of urea groups is 1. The van der Waals surface area contributed by atoms with Crippen LogP contribution in [0.15, 0.2) is 49.2 Å². The number of hydrogen-bond acceptors (Lipinski definition) is 11. The van der Waals surface area contributed by atoms with Crippen molar-refractivity contribution in [1.82, 2.24) is 44.0 Å². The molecule has 2 bridgehead atoms. The summed E-state index contributed by atoms with van der Waals surface area (Å²) in [5.41, 5.74) is 1.50. The molecule has 5 aliphatic rings. The average molecular weight is 823 g/mol. The molecule has 5 fully saturated rings. The van der Waals surface area contributed by atoms with Gasteiger partial charge in [0, 0.05) is 63.3 Å². The summed E-state index contributed by atoms with van der Waals surface area (Å²) in [6.07, 6.45) is 9.19. The fraction of sp³-hybridized carbons (Fsp3) is 0.488. The van der Waals surface area contributed by atoms with Crippen LogP contribution in [0.4, 0.5) is 30.9 Å². The molecule has 0 spiro atoms. The lowest BCUT2D eigenvalue weighted by atomic mass is 9.79. The molecule has 0 aromatic carbocycles. The van der Waals surface area contributed by atoms with Crippen LogP contribution in [0.25, 0.3) is 11.3 Å². The quantitative estimate of drug-likeness (QED) is 0.196. The average Bonchev–Trinajstić information content (AvgIpc) is 4.07. The van der Waals surface area contributed by atoms with Crippen LogP contribution in [-0.2, 0) is 14.3 Å². The predicted octanol–water partition coefficient (Wildman–Crippen LogP) is 3.92. The van der Waals surface area contributed by atoms with Crippen LogP contribution in [-0.4, -0.2) is 121 Å². The highest BCUT2D eigenvalue weighted by Gasteiger charge is 2.40. The Hall–Kier alpha value is -5.97. The van der Waals surface area contributed by atoms with Crippen LogP contribution in [0.1, 0.15) is 73.1 Å². The van der Waals surface area contributed by atoms with E-state index in [1.54, 1.807) is 21.5 Å². The zero-order valence-electron chi connectivity index (χ0n) is 32.9. The van der Waals surface area contributed by atoms with Gasteiger partial charge < -0.3 is 24.6 Å². The van der Waals surface area contributed by atoms with Crippen LogP contribution in [0, 0.1) is 23.7 Å². The van der Waals surface area contributed by atoms with Gasteiger partial charge in [-0.15, -0.1) is 0 Å². The number of morpholine rings is 1. The van der Waals surface area contributed by atoms with Gasteiger partial charge in [0.05, 0.1) is 49.0 Å². The van der Waals surface area contributed by atoms with Gasteiger partial charge >= 0.3 is 6.03 Å². The van der Waals surface area contributed by atoms with Crippen molar-refractivity contribution in [3.8, 4) is 11.8 Å². The summed E-state index contributed by atoms with van der Waals surface area (Å²) in [5.74, 6) is 7.45. The fourth-order valence-corrected chi connectivity index (χ4v) is 9.27. The molecule has 17 nitrogen and oxygen atoms in total. The number of imide groups is 1. The number of alkyl halides is 2. The molecule has 0 unspecified atom stereocenters. The highest BCUT2D eigenvalue weighted by atomic mass is 19.3. The fourth-order valence-electron chi connectivity index (χ4n) is 9.27. The van der Waals surface area contributed by atoms with E-state index in [1.165, 1.54) is 21.8 Å². The van der Waals surface area contributed by atoms with Gasteiger partial charge in [0.15, 0.2) is 11.3 Å². The molecule has 4 atom stereocenters. The number of halogens is 2. The first-order chi connectivity index (χ1) is 29.1. The molecule has 4 aliphatic heterocycles. The number of rotatable bonds is 10. The number of nitrogens with zero attached hydrogens (tertiary/aromatic N) is 10. The molecule has 1 aliphatic carbocycles. The second-order valence-corrected chi connectivity index (χ2v) is 16.5. The van der Waals surface area contributed by atoms with Crippen molar-refractivity contribution in [2.24, 2.45) is 11.8 Å². The monoisotopic (exact) mass is 822 g/mol. The molecule has 5 aromatic rings. The number of imidazole rings is 1. The Labute approximate surface area is 343 Å². The van der Waals surface area contributed by atoms with Crippen molar-refractivity contribution in [3.05, 3.63) is 66.0 Å². The lowest BCUT2D eigenvalue weighted by Gasteiger charge is -2.42. The van der Waals surface area contributed by atoms with Crippen LogP contribution >= 0.6 is 0 Å². The predicted molar refractivity (Wildman–Crippen MR) is 213 cm³/mol. The highest BCUT2D eigenvalue weighted by Crippen LogP contribution is 2.40. The molecule has 0 radical (unpaired) electrons. The van der Waals surface area contributed by atoms with Gasteiger partial charge in [0.2, 0.25) is 5.91 Å². The molecular formula is C41H44F2N12O5. The third-order valence-corrected chi connectivity index (χ3v) is 12.4. The number of piperidine rings is 1. The summed E-state index contributed by atoms with van der Waals surface area (Å²) in [7, 11) is 0. The molecule has 60 heavy (non-hydrogen) atoms. The van der Waals surface area contributed by atoms with Crippen molar-refractivity contribution in [2.75, 3.05) is 61.1 Å². The third-order valence-electron chi connectivity index (χ3n) is 12.4. The summed E-state index contributed by atoms with van der Waals surface area (Å²) in [5, 5.41) is 13.5. The number of amides is 4. The lowest BCUT2D eigenvalue weighted by Crippen LogP contribution is -2.50. The molecule has 10 rings (SSSR count). The first-order valence-electron chi connectivity index (χ1n) is 20.5. The van der Waals surface area contributed by atoms with Crippen molar-refractivity contribution >= 4 is 46.5 Å². The van der Waals surface area contributed by atoms with E-state index >= 15 is 0 Å². The zero-order valence-corrected chi connectivity index (χ0v) is 32.9. The van der Waals surface area contributed by atoms with E-state index < -0.39 is 24.1 Å². The number of hydrogen-bond donors (Lipinski definition) is 2. The van der Waals surface area contributed by atoms with E-state index in [0.717, 1.165) is 63.2 Å². The number of fused-ring (bicyclic) bond motifs is 4. The minimum Gasteiger partial charge on any atom is -0.374 e. The number of pyridine rings is 1. The molecular weight excluding hydrogens is 779 g/mol. The standard InChI is InChI=1S/C41H44F2N12O5/c1-24-19-50(8-5-32(24)59-12-2-3-25-4-9-51-34(15-25)44-18-36(51)52-10-7-35(56)48-41(52)58)20-26-13-27(14-26)55-22-31(37(49-55)38(42)43)46-40(57)30-17-45-54-11-6-33(47-39(30)54)53-21-29-16-28(53)23-60-29/h4,6,9,11,15,17-18,22,24,26-29,32,38H,5,7-8,10,12-14,16,19-21,23H2,1H3,(H,46,57)(H,48,56,58)/t24-,26-,27-,28+,29+,32-/m0/s1. The second-order valence-electron chi connectivity index (χ2n) is 16.5. The molecule has 5 aromatic heterocycles. The van der Waals surface area contributed by atoms with E-state index in [1.807, 2.05) is 24.4 Å². The first kappa shape index (κ1) is 38.2. The summed E-state index contributed by atoms with van der Waals surface area (Å²) < 4.78 is 45.2. The second kappa shape index (κ2) is 15.6. The van der Waals surface area contributed by atoms with Gasteiger partial charge in [-0.3, -0.25) is 28.9 Å². The maximum absolute atomic E-state index is 14.2. The van der Waals surface area contributed by atoms with E-state index in [4.69, 9.17) is 14.5 Å². The largest absolute Gasteiger partial charge is 0.374 e. The van der Waals surface area contributed by atoms with Gasteiger partial charge in [0.25, 0.3) is 12.3 Å². The summed E-state index contributed by atoms with van der Waals surface area (Å²) >= 11 is 0. The third kappa shape index (κ3) is 7.32. The van der Waals surface area contributed by atoms with Gasteiger partial charge in [-0.2, -0.15) is 10.2 Å². The zero-order chi connectivity index (χ0) is 41.1. The van der Waals surface area contributed by atoms with E-state index in [0.29, 0.717) is 48.7 Å². The number of carbonyl (C=O) groups excluding carboxylic acids is 3. The number of ether oxygens (including phenoxy) is 2. The van der Waals surface area contributed by atoms with Crippen LogP contribution in [0.3, 0.4) is 0 Å². The Bertz CT molecular complexity index is 2540. The van der Waals surface area contributed by atoms with Crippen molar-refractivity contribution in [2.45, 2.75) is 69.7 Å². The van der Waals surface area contributed by atoms with Gasteiger partial charge in [0.1, 0.15) is 29.5 Å². The lowest BCUT2D eigenvalue weighted by molar-refractivity contribution is -0.120. The Balaban J connectivity index is 0.695. The van der Waals surface area contributed by atoms with Gasteiger partial charge in [-0.25, -0.2) is 28.1 Å². The Morgan fingerprint density at radius 2 is 2.00 bits per heavy atom. The van der Waals surface area contributed by atoms with Crippen molar-refractivity contribution < 1.29 is 32.6 Å². The summed E-state index contributed by atoms with van der Waals surface area (Å²) in [6, 6.07) is 5.32. The SMILES string of the molecule is C[C@H]1CN(C[C@H]2C[C@H](n3cc(NC(=O)c4cnn5ccc(N6C[C@H]7C[C@@H]6CO7)nc45)c(C(F)F)n3)C2)CC[C@@H]1OCC#Cc1ccn2c(N3CCC(=O)NC3=O)cnc2c1. The summed E-state index contributed by atoms with van der Waals surface area (Å²) in [4.78, 5) is 52.6. The maximum atomic E-state index is 14.2. The Morgan fingerprint density at radius 3 is 2.78 bits per heavy atom. The van der Waals surface area contributed by atoms with E-state index in [2.05, 4.69) is 54.4 Å². The minimum atomic E-state index is -2.86. The van der Waals surface area contributed by atoms with Gasteiger partial charge in [-0.1, -0.05) is 18.8 Å². The molecule has 4 saturated heterocycles. The molecule has 9 heterocycles. The highest BCUT2D eigenvalue weighted by molar-refractivity contribution is 6.08. The van der Waals surface area contributed by atoms with Crippen LogP contribution in [0.5, 0.6) is 0 Å². The number of nitrogens with one attached hydrogen (secondary N) is 2. The van der Waals surface area contributed by atoms with Crippen molar-refractivity contribution in [3.63, 3.8) is 0 Å². The molecule has 312 valence electrons. The Morgan fingerprint density at radius 1 is 1.12 bits per heavy atom. The smallest absolute Gasteiger partial charge is 0.329 e. The van der Waals surface area contributed by atoms with Gasteiger partial charge in [-0.05, 0) is 55.7 Å². The van der Waals surface area contributed by atoms with Crippen LogP contribution < -0.4 is 20.4 Å². The molecule has 19 heteroatoms. The Kier molecular flexibility index (Phi) is 9.92. The number of likely N-dealkylation sites (tertiary alicyclic amines) is 1. The van der Waals surface area contributed by atoms with Crippen LogP contribution in [0.2, 0.25) is 0 Å². The van der Waals surface area contributed by atoms with E-state index in [-0.39, 0.29) is 47.9 Å². The molecule has 4 amide bonds. The van der Waals surface area contributed by atoms with E-state index in [9.17, 15) is 23.2 Å². The first-order valence-corrected chi connectivity index (χ1v) is 20.5. The molecule has 1 saturated carbocycles. The minimum absolute atomic E-state index is 0.0124. The molecule has 2 N–H and O–H groups in total. The topological polar surface area (TPSA) is 169 Å². The normalized spacial score (nSPS) is 25.5.